The SMILES string of the molecule is CN([C@@H]1CNC[C@H]1O)S(=O)(=O)c1cccc(S(N)(=O)=O)c1. The van der Waals surface area contributed by atoms with Crippen LogP contribution >= 0.6 is 0 Å². The quantitative estimate of drug-likeness (QED) is 0.600. The minimum absolute atomic E-state index is 0.185. The summed E-state index contributed by atoms with van der Waals surface area (Å²) in [6.45, 7) is 0.632. The van der Waals surface area contributed by atoms with E-state index in [1.165, 1.54) is 25.2 Å². The molecule has 1 aliphatic rings. The number of nitrogens with zero attached hydrogens (tertiary/aromatic N) is 1. The lowest BCUT2D eigenvalue weighted by Crippen LogP contribution is -2.44. The number of sulfonamides is 2. The molecule has 0 aromatic heterocycles. The minimum atomic E-state index is -3.99. The molecule has 10 heteroatoms. The first-order chi connectivity index (χ1) is 9.64. The zero-order valence-corrected chi connectivity index (χ0v) is 12.9. The lowest BCUT2D eigenvalue weighted by Gasteiger charge is -2.25. The van der Waals surface area contributed by atoms with Crippen LogP contribution in [0.5, 0.6) is 0 Å². The molecule has 4 N–H and O–H groups in total. The maximum atomic E-state index is 12.5. The Bertz CT molecular complexity index is 732. The topological polar surface area (TPSA) is 130 Å². The lowest BCUT2D eigenvalue weighted by molar-refractivity contribution is 0.136. The highest BCUT2D eigenvalue weighted by Gasteiger charge is 2.35. The standard InChI is InChI=1S/C11H17N3O5S2/c1-14(10-6-13-7-11(10)15)21(18,19)9-4-2-3-8(5-9)20(12,16)17/h2-5,10-11,13,15H,6-7H2,1H3,(H2,12,16,17)/t10-,11-/m1/s1. The van der Waals surface area contributed by atoms with Crippen LogP contribution in [0.4, 0.5) is 0 Å². The number of β-amino-alcohol motifs (C(OH)–C–C–N with tert-alkyl or cyclic N) is 1. The van der Waals surface area contributed by atoms with Crippen LogP contribution in [0.25, 0.3) is 0 Å². The van der Waals surface area contributed by atoms with Crippen molar-refractivity contribution >= 4 is 20.0 Å². The Labute approximate surface area is 123 Å². The Kier molecular flexibility index (Phi) is 4.38. The Balaban J connectivity index is 2.40. The van der Waals surface area contributed by atoms with Crippen molar-refractivity contribution < 1.29 is 21.9 Å². The molecule has 0 unspecified atom stereocenters. The van der Waals surface area contributed by atoms with Gasteiger partial charge in [0.15, 0.2) is 0 Å². The molecule has 0 saturated carbocycles. The Morgan fingerprint density at radius 1 is 1.24 bits per heavy atom. The van der Waals surface area contributed by atoms with E-state index in [1.54, 1.807) is 0 Å². The number of rotatable bonds is 4. The molecule has 0 amide bonds. The fraction of sp³-hybridized carbons (Fsp3) is 0.455. The second kappa shape index (κ2) is 5.63. The molecule has 21 heavy (non-hydrogen) atoms. The highest BCUT2D eigenvalue weighted by molar-refractivity contribution is 7.90. The molecule has 0 spiro atoms. The summed E-state index contributed by atoms with van der Waals surface area (Å²) in [6, 6.07) is 4.23. The number of aliphatic hydroxyl groups is 1. The van der Waals surface area contributed by atoms with Crippen molar-refractivity contribution in [3.05, 3.63) is 24.3 Å². The van der Waals surface area contributed by atoms with Gasteiger partial charge in [0.05, 0.1) is 21.9 Å². The molecule has 1 aliphatic heterocycles. The molecule has 1 heterocycles. The molecular weight excluding hydrogens is 318 g/mol. The van der Waals surface area contributed by atoms with Gasteiger partial charge in [-0.25, -0.2) is 22.0 Å². The van der Waals surface area contributed by atoms with Gasteiger partial charge >= 0.3 is 0 Å². The summed E-state index contributed by atoms with van der Waals surface area (Å²) < 4.78 is 48.7. The monoisotopic (exact) mass is 335 g/mol. The second-order valence-electron chi connectivity index (χ2n) is 4.83. The van der Waals surface area contributed by atoms with Crippen LogP contribution in [-0.4, -0.2) is 58.5 Å². The molecule has 8 nitrogen and oxygen atoms in total. The summed E-state index contributed by atoms with van der Waals surface area (Å²) in [5, 5.41) is 17.7. The van der Waals surface area contributed by atoms with Gasteiger partial charge in [-0.2, -0.15) is 4.31 Å². The predicted octanol–water partition coefficient (Wildman–Crippen LogP) is -1.71. The van der Waals surface area contributed by atoms with Gasteiger partial charge in [0, 0.05) is 20.1 Å². The van der Waals surface area contributed by atoms with Crippen LogP contribution in [0.15, 0.2) is 34.1 Å². The predicted molar refractivity (Wildman–Crippen MR) is 75.4 cm³/mol. The molecule has 0 aliphatic carbocycles. The van der Waals surface area contributed by atoms with Gasteiger partial charge in [-0.15, -0.1) is 0 Å². The van der Waals surface area contributed by atoms with Crippen molar-refractivity contribution in [3.8, 4) is 0 Å². The Morgan fingerprint density at radius 2 is 1.86 bits per heavy atom. The van der Waals surface area contributed by atoms with E-state index in [9.17, 15) is 21.9 Å². The average molecular weight is 335 g/mol. The van der Waals surface area contributed by atoms with Crippen LogP contribution in [-0.2, 0) is 20.0 Å². The molecule has 0 bridgehead atoms. The average Bonchev–Trinajstić information content (AvgIpc) is 2.83. The van der Waals surface area contributed by atoms with E-state index in [2.05, 4.69) is 5.32 Å². The van der Waals surface area contributed by atoms with E-state index in [-0.39, 0.29) is 9.79 Å². The number of primary sulfonamides is 1. The van der Waals surface area contributed by atoms with Crippen molar-refractivity contribution in [3.63, 3.8) is 0 Å². The number of nitrogens with one attached hydrogen (secondary N) is 1. The van der Waals surface area contributed by atoms with Crippen molar-refractivity contribution in [1.82, 2.24) is 9.62 Å². The van der Waals surface area contributed by atoms with E-state index in [0.717, 1.165) is 10.4 Å². The van der Waals surface area contributed by atoms with Gasteiger partial charge in [0.25, 0.3) is 0 Å². The number of nitrogens with two attached hydrogens (primary N) is 1. The first-order valence-corrected chi connectivity index (χ1v) is 9.12. The van der Waals surface area contributed by atoms with Gasteiger partial charge in [0.1, 0.15) is 0 Å². The lowest BCUT2D eigenvalue weighted by atomic mass is 10.2. The Hall–Kier alpha value is -1.04. The van der Waals surface area contributed by atoms with Gasteiger partial charge in [-0.3, -0.25) is 0 Å². The third-order valence-corrected chi connectivity index (χ3v) is 6.22. The minimum Gasteiger partial charge on any atom is -0.390 e. The first kappa shape index (κ1) is 16.3. The zero-order valence-electron chi connectivity index (χ0n) is 11.3. The maximum absolute atomic E-state index is 12.5. The summed E-state index contributed by atoms with van der Waals surface area (Å²) in [4.78, 5) is -0.460. The summed E-state index contributed by atoms with van der Waals surface area (Å²) >= 11 is 0. The smallest absolute Gasteiger partial charge is 0.243 e. The summed E-state index contributed by atoms with van der Waals surface area (Å²) in [5.41, 5.74) is 0. The van der Waals surface area contributed by atoms with Gasteiger partial charge in [-0.05, 0) is 18.2 Å². The molecular formula is C11H17N3O5S2. The molecule has 1 aromatic carbocycles. The van der Waals surface area contributed by atoms with E-state index in [0.29, 0.717) is 13.1 Å². The fourth-order valence-corrected chi connectivity index (χ4v) is 4.24. The first-order valence-electron chi connectivity index (χ1n) is 6.14. The molecule has 1 fully saturated rings. The molecule has 118 valence electrons. The number of hydrogen-bond acceptors (Lipinski definition) is 6. The fourth-order valence-electron chi connectivity index (χ4n) is 2.18. The normalized spacial score (nSPS) is 23.6. The molecule has 2 rings (SSSR count). The van der Waals surface area contributed by atoms with E-state index in [4.69, 9.17) is 5.14 Å². The zero-order chi connectivity index (χ0) is 15.8. The number of hydrogen-bond donors (Lipinski definition) is 3. The van der Waals surface area contributed by atoms with E-state index >= 15 is 0 Å². The number of likely N-dealkylation sites (N-methyl/N-ethyl adjacent to an activating group) is 1. The van der Waals surface area contributed by atoms with Crippen molar-refractivity contribution in [2.75, 3.05) is 20.1 Å². The van der Waals surface area contributed by atoms with Gasteiger partial charge < -0.3 is 10.4 Å². The summed E-state index contributed by atoms with van der Waals surface area (Å²) in [7, 11) is -6.56. The maximum Gasteiger partial charge on any atom is 0.243 e. The highest BCUT2D eigenvalue weighted by Crippen LogP contribution is 2.21. The number of aliphatic hydroxyl groups excluding tert-OH is 1. The third-order valence-electron chi connectivity index (χ3n) is 3.43. The van der Waals surface area contributed by atoms with E-state index < -0.39 is 32.2 Å². The molecule has 0 radical (unpaired) electrons. The number of benzene rings is 1. The van der Waals surface area contributed by atoms with Crippen molar-refractivity contribution in [1.29, 1.82) is 0 Å². The van der Waals surface area contributed by atoms with Crippen LogP contribution in [0.2, 0.25) is 0 Å². The van der Waals surface area contributed by atoms with Crippen LogP contribution in [0.3, 0.4) is 0 Å². The largest absolute Gasteiger partial charge is 0.390 e. The summed E-state index contributed by atoms with van der Waals surface area (Å²) in [5.74, 6) is 0. The Morgan fingerprint density at radius 3 is 2.38 bits per heavy atom. The van der Waals surface area contributed by atoms with Gasteiger partial charge in [-0.1, -0.05) is 6.07 Å². The summed E-state index contributed by atoms with van der Waals surface area (Å²) in [6.07, 6.45) is -0.814. The second-order valence-corrected chi connectivity index (χ2v) is 8.39. The van der Waals surface area contributed by atoms with Crippen LogP contribution < -0.4 is 10.5 Å². The molecule has 1 aromatic rings. The van der Waals surface area contributed by atoms with Crippen molar-refractivity contribution in [2.24, 2.45) is 5.14 Å². The molecule has 1 saturated heterocycles. The van der Waals surface area contributed by atoms with Crippen molar-refractivity contribution in [2.45, 2.75) is 21.9 Å². The van der Waals surface area contributed by atoms with Crippen LogP contribution in [0, 0.1) is 0 Å². The van der Waals surface area contributed by atoms with Gasteiger partial charge in [0.2, 0.25) is 20.0 Å². The van der Waals surface area contributed by atoms with E-state index in [1.807, 2.05) is 0 Å². The highest BCUT2D eigenvalue weighted by atomic mass is 32.2. The van der Waals surface area contributed by atoms with Crippen LogP contribution in [0.1, 0.15) is 0 Å². The third kappa shape index (κ3) is 3.25. The molecule has 2 atom stereocenters.